The number of aromatic carboxylic acids is 1. The number of nitrogens with zero attached hydrogens (tertiary/aromatic N) is 1. The Morgan fingerprint density at radius 1 is 1.00 bits per heavy atom. The molecule has 0 unspecified atom stereocenters. The second-order valence-corrected chi connectivity index (χ2v) is 4.66. The van der Waals surface area contributed by atoms with Crippen LogP contribution in [0.25, 0.3) is 0 Å². The minimum Gasteiger partial charge on any atom is -0.478 e. The lowest BCUT2D eigenvalue weighted by Gasteiger charge is -2.14. The summed E-state index contributed by atoms with van der Waals surface area (Å²) in [4.78, 5) is 26.2. The lowest BCUT2D eigenvalue weighted by molar-refractivity contribution is -0.143. The molecule has 2 aromatic rings. The number of pyridine rings is 1. The van der Waals surface area contributed by atoms with E-state index in [1.165, 1.54) is 5.32 Å². The van der Waals surface area contributed by atoms with Gasteiger partial charge in [0.1, 0.15) is 16.9 Å². The molecule has 0 radical (unpaired) electrons. The Hall–Kier alpha value is -3.18. The zero-order valence-electron chi connectivity index (χ0n) is 12.1. The van der Waals surface area contributed by atoms with E-state index in [2.05, 4.69) is 4.98 Å². The molecule has 0 aliphatic carbocycles. The van der Waals surface area contributed by atoms with Gasteiger partial charge in [-0.25, -0.2) is 22.4 Å². The number of hydrogen-bond acceptors (Lipinski definition) is 3. The van der Waals surface area contributed by atoms with Crippen LogP contribution in [-0.2, 0) is 6.18 Å². The average molecular weight is 382 g/mol. The smallest absolute Gasteiger partial charge is 0.422 e. The van der Waals surface area contributed by atoms with E-state index in [1.807, 2.05) is 0 Å². The van der Waals surface area contributed by atoms with Crippen molar-refractivity contribution in [2.24, 2.45) is 0 Å². The number of hydrogen-bond donors (Lipinski definition) is 2. The summed E-state index contributed by atoms with van der Waals surface area (Å²) in [5, 5.41) is 10.2. The van der Waals surface area contributed by atoms with E-state index in [1.54, 1.807) is 0 Å². The lowest BCUT2D eigenvalue weighted by atomic mass is 10.1. The third-order valence-corrected chi connectivity index (χ3v) is 3.04. The van der Waals surface area contributed by atoms with Gasteiger partial charge in [0.2, 0.25) is 0 Å². The number of carbonyl (C=O) groups is 2. The molecule has 0 fully saturated rings. The van der Waals surface area contributed by atoms with E-state index in [-0.39, 0.29) is 0 Å². The number of amides is 1. The zero-order chi connectivity index (χ0) is 19.8. The number of carbonyl (C=O) groups excluding carboxylic acids is 1. The van der Waals surface area contributed by atoms with Gasteiger partial charge >= 0.3 is 12.1 Å². The zero-order valence-corrected chi connectivity index (χ0v) is 12.1. The Balaban J connectivity index is 2.55. The first-order chi connectivity index (χ1) is 12.0. The summed E-state index contributed by atoms with van der Waals surface area (Å²) in [7, 11) is 0. The molecule has 12 heteroatoms. The van der Waals surface area contributed by atoms with E-state index in [9.17, 15) is 40.3 Å². The molecular weight excluding hydrogens is 377 g/mol. The van der Waals surface area contributed by atoms with Gasteiger partial charge in [-0.1, -0.05) is 0 Å². The van der Waals surface area contributed by atoms with Crippen LogP contribution < -0.4 is 5.32 Å². The summed E-state index contributed by atoms with van der Waals surface area (Å²) < 4.78 is 91.9. The summed E-state index contributed by atoms with van der Waals surface area (Å²) in [6.07, 6.45) is -4.81. The highest BCUT2D eigenvalue weighted by atomic mass is 19.4. The summed E-state index contributed by atoms with van der Waals surface area (Å²) >= 11 is 0. The summed E-state index contributed by atoms with van der Waals surface area (Å²) in [6, 6.07) is 2.00. The topological polar surface area (TPSA) is 79.3 Å². The van der Waals surface area contributed by atoms with Crippen LogP contribution in [0.5, 0.6) is 0 Å². The Bertz CT molecular complexity index is 883. The first-order valence-electron chi connectivity index (χ1n) is 6.39. The number of anilines is 1. The van der Waals surface area contributed by atoms with Crippen molar-refractivity contribution in [2.75, 3.05) is 5.32 Å². The number of carboxylic acid groups (broad SMARTS) is 1. The van der Waals surface area contributed by atoms with E-state index < -0.39 is 63.8 Å². The Morgan fingerprint density at radius 3 is 2.00 bits per heavy atom. The molecule has 26 heavy (non-hydrogen) atoms. The number of halogens is 7. The van der Waals surface area contributed by atoms with Crippen LogP contribution in [0.15, 0.2) is 18.3 Å². The quantitative estimate of drug-likeness (QED) is 0.628. The van der Waals surface area contributed by atoms with Crippen molar-refractivity contribution in [1.82, 2.24) is 4.98 Å². The summed E-state index contributed by atoms with van der Waals surface area (Å²) in [5.41, 5.74) is -6.28. The molecule has 0 spiro atoms. The second-order valence-electron chi connectivity index (χ2n) is 4.66. The highest BCUT2D eigenvalue weighted by Crippen LogP contribution is 2.38. The molecule has 138 valence electrons. The van der Waals surface area contributed by atoms with Gasteiger partial charge in [0.15, 0.2) is 23.3 Å². The monoisotopic (exact) mass is 382 g/mol. The van der Waals surface area contributed by atoms with E-state index >= 15 is 0 Å². The number of rotatable bonds is 3. The lowest BCUT2D eigenvalue weighted by Crippen LogP contribution is -2.22. The molecule has 1 aromatic carbocycles. The van der Waals surface area contributed by atoms with Crippen LogP contribution >= 0.6 is 0 Å². The molecule has 0 saturated carbocycles. The van der Waals surface area contributed by atoms with E-state index in [4.69, 9.17) is 5.11 Å². The maximum Gasteiger partial charge on any atom is 0.422 e. The van der Waals surface area contributed by atoms with Gasteiger partial charge in [-0.3, -0.25) is 9.78 Å². The third kappa shape index (κ3) is 3.30. The number of nitrogens with one attached hydrogen (secondary N) is 1. The van der Waals surface area contributed by atoms with Crippen molar-refractivity contribution in [3.05, 3.63) is 58.4 Å². The Kier molecular flexibility index (Phi) is 4.87. The van der Waals surface area contributed by atoms with Gasteiger partial charge in [-0.15, -0.1) is 0 Å². The predicted molar refractivity (Wildman–Crippen MR) is 70.4 cm³/mol. The number of carboxylic acids is 1. The molecule has 0 bridgehead atoms. The van der Waals surface area contributed by atoms with Gasteiger partial charge < -0.3 is 10.4 Å². The van der Waals surface area contributed by atoms with E-state index in [0.717, 1.165) is 18.3 Å². The van der Waals surface area contributed by atoms with Crippen LogP contribution in [0, 0.1) is 23.3 Å². The standard InChI is InChI=1S/C14H5F7N2O3/c15-6-5(14(19,20)21)7(16)9(18)11(8(6)17)23-12(24)10-4(13(25)26)2-1-3-22-10/h1-3H,(H,23,24)(H,25,26). The fourth-order valence-corrected chi connectivity index (χ4v) is 1.92. The van der Waals surface area contributed by atoms with Crippen LogP contribution in [0.4, 0.5) is 36.4 Å². The Labute approximate surface area is 139 Å². The number of benzene rings is 1. The molecular formula is C14H5F7N2O3. The molecule has 1 aromatic heterocycles. The van der Waals surface area contributed by atoms with Crippen LogP contribution in [0.2, 0.25) is 0 Å². The first-order valence-corrected chi connectivity index (χ1v) is 6.39. The van der Waals surface area contributed by atoms with Crippen molar-refractivity contribution >= 4 is 17.6 Å². The first kappa shape index (κ1) is 19.1. The van der Waals surface area contributed by atoms with E-state index in [0.29, 0.717) is 0 Å². The minimum atomic E-state index is -5.74. The van der Waals surface area contributed by atoms with Gasteiger partial charge in [0.25, 0.3) is 5.91 Å². The molecule has 1 heterocycles. The van der Waals surface area contributed by atoms with Crippen molar-refractivity contribution in [3.8, 4) is 0 Å². The fraction of sp³-hybridized carbons (Fsp3) is 0.0714. The van der Waals surface area contributed by atoms with Gasteiger partial charge in [-0.2, -0.15) is 13.2 Å². The van der Waals surface area contributed by atoms with Gasteiger partial charge in [0, 0.05) is 6.20 Å². The molecule has 0 saturated heterocycles. The van der Waals surface area contributed by atoms with Crippen molar-refractivity contribution in [2.45, 2.75) is 6.18 Å². The second kappa shape index (κ2) is 6.61. The predicted octanol–water partition coefficient (Wildman–Crippen LogP) is 3.61. The van der Waals surface area contributed by atoms with Crippen molar-refractivity contribution in [1.29, 1.82) is 0 Å². The average Bonchev–Trinajstić information content (AvgIpc) is 2.55. The Morgan fingerprint density at radius 2 is 1.54 bits per heavy atom. The molecule has 2 rings (SSSR count). The fourth-order valence-electron chi connectivity index (χ4n) is 1.92. The van der Waals surface area contributed by atoms with Gasteiger partial charge in [0.05, 0.1) is 5.56 Å². The largest absolute Gasteiger partial charge is 0.478 e. The minimum absolute atomic E-state index is 0.723. The maximum absolute atomic E-state index is 13.7. The summed E-state index contributed by atoms with van der Waals surface area (Å²) in [5.74, 6) is -13.8. The summed E-state index contributed by atoms with van der Waals surface area (Å²) in [6.45, 7) is 0. The molecule has 1 amide bonds. The normalized spacial score (nSPS) is 11.3. The highest BCUT2D eigenvalue weighted by Gasteiger charge is 2.42. The molecule has 0 aliphatic heterocycles. The number of alkyl halides is 3. The molecule has 0 aliphatic rings. The van der Waals surface area contributed by atoms with Crippen LogP contribution in [-0.4, -0.2) is 22.0 Å². The SMILES string of the molecule is O=C(O)c1cccnc1C(=O)Nc1c(F)c(F)c(C(F)(F)F)c(F)c1F. The van der Waals surface area contributed by atoms with Crippen molar-refractivity contribution in [3.63, 3.8) is 0 Å². The van der Waals surface area contributed by atoms with Crippen LogP contribution in [0.3, 0.4) is 0 Å². The molecule has 5 nitrogen and oxygen atoms in total. The molecule has 2 N–H and O–H groups in total. The van der Waals surface area contributed by atoms with Crippen LogP contribution in [0.1, 0.15) is 26.4 Å². The number of aromatic nitrogens is 1. The van der Waals surface area contributed by atoms with Gasteiger partial charge in [-0.05, 0) is 12.1 Å². The van der Waals surface area contributed by atoms with Crippen molar-refractivity contribution < 1.29 is 45.4 Å². The maximum atomic E-state index is 13.7. The highest BCUT2D eigenvalue weighted by molar-refractivity contribution is 6.09. The third-order valence-electron chi connectivity index (χ3n) is 3.04. The molecule has 0 atom stereocenters.